The van der Waals surface area contributed by atoms with E-state index >= 15 is 0 Å². The Labute approximate surface area is 96.0 Å². The Morgan fingerprint density at radius 3 is 2.62 bits per heavy atom. The molecule has 0 aromatic heterocycles. The van der Waals surface area contributed by atoms with Gasteiger partial charge < -0.3 is 9.94 Å². The van der Waals surface area contributed by atoms with Gasteiger partial charge in [-0.3, -0.25) is 4.79 Å². The molecule has 0 aliphatic heterocycles. The molecule has 1 saturated carbocycles. The molecular formula is C12H19NO3. The summed E-state index contributed by atoms with van der Waals surface area (Å²) in [6.45, 7) is 8.24. The zero-order valence-electron chi connectivity index (χ0n) is 10.2. The Kier molecular flexibility index (Phi) is 3.73. The zero-order chi connectivity index (χ0) is 12.3. The highest BCUT2D eigenvalue weighted by Crippen LogP contribution is 2.59. The molecule has 1 aliphatic rings. The Morgan fingerprint density at radius 1 is 1.56 bits per heavy atom. The second-order valence-electron chi connectivity index (χ2n) is 4.73. The van der Waals surface area contributed by atoms with Crippen molar-refractivity contribution in [2.75, 3.05) is 6.61 Å². The first-order chi connectivity index (χ1) is 7.41. The summed E-state index contributed by atoms with van der Waals surface area (Å²) in [7, 11) is 0. The van der Waals surface area contributed by atoms with Gasteiger partial charge in [0.2, 0.25) is 0 Å². The molecule has 2 unspecified atom stereocenters. The van der Waals surface area contributed by atoms with E-state index in [9.17, 15) is 4.79 Å². The monoisotopic (exact) mass is 225 g/mol. The quantitative estimate of drug-likeness (QED) is 0.577. The zero-order valence-corrected chi connectivity index (χ0v) is 10.2. The largest absolute Gasteiger partial charge is 0.481 e. The molecule has 0 bridgehead atoms. The van der Waals surface area contributed by atoms with Gasteiger partial charge in [-0.1, -0.05) is 25.1 Å². The lowest BCUT2D eigenvalue weighted by Gasteiger charge is -1.97. The number of hydrogen-bond donors (Lipinski definition) is 1. The van der Waals surface area contributed by atoms with E-state index in [0.717, 1.165) is 5.57 Å². The normalized spacial score (nSPS) is 28.1. The van der Waals surface area contributed by atoms with Crippen molar-refractivity contribution in [1.82, 2.24) is 0 Å². The summed E-state index contributed by atoms with van der Waals surface area (Å²) in [6, 6.07) is 0. The van der Waals surface area contributed by atoms with Gasteiger partial charge in [0, 0.05) is 0 Å². The Hall–Kier alpha value is -1.32. The molecule has 4 nitrogen and oxygen atoms in total. The molecule has 1 N–H and O–H groups in total. The number of aliphatic carboxylic acids is 1. The van der Waals surface area contributed by atoms with E-state index in [0.29, 0.717) is 6.61 Å². The summed E-state index contributed by atoms with van der Waals surface area (Å²) in [5, 5.41) is 12.7. The van der Waals surface area contributed by atoms with Gasteiger partial charge in [-0.2, -0.15) is 0 Å². The Morgan fingerprint density at radius 2 is 2.19 bits per heavy atom. The van der Waals surface area contributed by atoms with Gasteiger partial charge in [0.25, 0.3) is 0 Å². The maximum absolute atomic E-state index is 10.9. The van der Waals surface area contributed by atoms with Crippen molar-refractivity contribution < 1.29 is 14.7 Å². The molecule has 4 heteroatoms. The van der Waals surface area contributed by atoms with E-state index in [1.165, 1.54) is 0 Å². The number of rotatable bonds is 5. The van der Waals surface area contributed by atoms with E-state index in [2.05, 4.69) is 5.16 Å². The van der Waals surface area contributed by atoms with Crippen molar-refractivity contribution in [3.63, 3.8) is 0 Å². The minimum Gasteiger partial charge on any atom is -0.481 e. The number of oxime groups is 1. The van der Waals surface area contributed by atoms with Crippen LogP contribution in [0.2, 0.25) is 0 Å². The van der Waals surface area contributed by atoms with Crippen molar-refractivity contribution in [3.05, 3.63) is 11.6 Å². The average molecular weight is 225 g/mol. The summed E-state index contributed by atoms with van der Waals surface area (Å²) in [5.74, 6) is -0.901. The third-order valence-electron chi connectivity index (χ3n) is 3.08. The Bertz CT molecular complexity index is 331. The summed E-state index contributed by atoms with van der Waals surface area (Å²) < 4.78 is 0. The van der Waals surface area contributed by atoms with Crippen molar-refractivity contribution in [2.45, 2.75) is 27.7 Å². The third kappa shape index (κ3) is 2.62. The van der Waals surface area contributed by atoms with Crippen LogP contribution in [0.5, 0.6) is 0 Å². The molecule has 0 saturated heterocycles. The molecular weight excluding hydrogens is 206 g/mol. The van der Waals surface area contributed by atoms with Gasteiger partial charge in [-0.15, -0.1) is 0 Å². The number of allylic oxidation sites excluding steroid dienone is 2. The predicted molar refractivity (Wildman–Crippen MR) is 62.3 cm³/mol. The molecule has 1 fully saturated rings. The molecule has 0 heterocycles. The molecule has 0 amide bonds. The van der Waals surface area contributed by atoms with Gasteiger partial charge in [0.15, 0.2) is 0 Å². The van der Waals surface area contributed by atoms with Crippen LogP contribution in [0.3, 0.4) is 0 Å². The maximum Gasteiger partial charge on any atom is 0.307 e. The van der Waals surface area contributed by atoms with E-state index in [-0.39, 0.29) is 17.3 Å². The lowest BCUT2D eigenvalue weighted by Crippen LogP contribution is -2.03. The van der Waals surface area contributed by atoms with Crippen LogP contribution < -0.4 is 0 Å². The lowest BCUT2D eigenvalue weighted by molar-refractivity contribution is -0.139. The summed E-state index contributed by atoms with van der Waals surface area (Å²) in [6.07, 6.45) is 3.58. The molecule has 0 aromatic rings. The second-order valence-corrected chi connectivity index (χ2v) is 4.73. The highest BCUT2D eigenvalue weighted by atomic mass is 16.6. The SMILES string of the molecule is CCO/N=C/C(C)=C/C1C(C(=O)O)C1(C)C. The lowest BCUT2D eigenvalue weighted by atomic mass is 10.1. The van der Waals surface area contributed by atoms with E-state index in [4.69, 9.17) is 9.94 Å². The first-order valence-electron chi connectivity index (χ1n) is 5.47. The van der Waals surface area contributed by atoms with Gasteiger partial charge >= 0.3 is 5.97 Å². The highest BCUT2D eigenvalue weighted by molar-refractivity contribution is 5.80. The topological polar surface area (TPSA) is 58.9 Å². The van der Waals surface area contributed by atoms with E-state index in [1.54, 1.807) is 6.21 Å². The molecule has 1 rings (SSSR count). The van der Waals surface area contributed by atoms with Gasteiger partial charge in [0.1, 0.15) is 6.61 Å². The number of nitrogens with zero attached hydrogens (tertiary/aromatic N) is 1. The molecule has 0 spiro atoms. The van der Waals surface area contributed by atoms with Crippen molar-refractivity contribution >= 4 is 12.2 Å². The fourth-order valence-corrected chi connectivity index (χ4v) is 1.98. The standard InChI is InChI=1S/C12H19NO3/c1-5-16-13-7-8(2)6-9-10(11(14)15)12(9,3)4/h6-7,9-10H,5H2,1-4H3,(H,14,15)/b8-6+,13-7+. The van der Waals surface area contributed by atoms with Crippen molar-refractivity contribution in [2.24, 2.45) is 22.4 Å². The van der Waals surface area contributed by atoms with Gasteiger partial charge in [-0.25, -0.2) is 0 Å². The number of carboxylic acids is 1. The van der Waals surface area contributed by atoms with Crippen LogP contribution >= 0.6 is 0 Å². The summed E-state index contributed by atoms with van der Waals surface area (Å²) >= 11 is 0. The van der Waals surface area contributed by atoms with E-state index < -0.39 is 5.97 Å². The number of hydrogen-bond acceptors (Lipinski definition) is 3. The van der Waals surface area contributed by atoms with Crippen LogP contribution in [0.4, 0.5) is 0 Å². The summed E-state index contributed by atoms with van der Waals surface area (Å²) in [4.78, 5) is 15.8. The fraction of sp³-hybridized carbons (Fsp3) is 0.667. The first kappa shape index (κ1) is 12.7. The van der Waals surface area contributed by atoms with E-state index in [1.807, 2.05) is 33.8 Å². The van der Waals surface area contributed by atoms with Crippen molar-refractivity contribution in [3.8, 4) is 0 Å². The first-order valence-corrected chi connectivity index (χ1v) is 5.47. The van der Waals surface area contributed by atoms with Crippen LogP contribution in [0.25, 0.3) is 0 Å². The minimum absolute atomic E-state index is 0.0954. The molecule has 0 radical (unpaired) electrons. The van der Waals surface area contributed by atoms with Crippen LogP contribution in [-0.4, -0.2) is 23.9 Å². The van der Waals surface area contributed by atoms with Crippen LogP contribution in [0.15, 0.2) is 16.8 Å². The average Bonchev–Trinajstić information content (AvgIpc) is 2.68. The van der Waals surface area contributed by atoms with Crippen LogP contribution in [0, 0.1) is 17.3 Å². The van der Waals surface area contributed by atoms with Gasteiger partial charge in [-0.05, 0) is 30.8 Å². The van der Waals surface area contributed by atoms with Gasteiger partial charge in [0.05, 0.1) is 12.1 Å². The molecule has 0 aromatic carbocycles. The van der Waals surface area contributed by atoms with Crippen LogP contribution in [0.1, 0.15) is 27.7 Å². The molecule has 16 heavy (non-hydrogen) atoms. The van der Waals surface area contributed by atoms with Crippen molar-refractivity contribution in [1.29, 1.82) is 0 Å². The number of carbonyl (C=O) groups is 1. The maximum atomic E-state index is 10.9. The molecule has 1 aliphatic carbocycles. The second kappa shape index (κ2) is 4.68. The third-order valence-corrected chi connectivity index (χ3v) is 3.08. The minimum atomic E-state index is -0.721. The molecule has 90 valence electrons. The summed E-state index contributed by atoms with van der Waals surface area (Å²) in [5.41, 5.74) is 0.794. The number of carboxylic acid groups (broad SMARTS) is 1. The highest BCUT2D eigenvalue weighted by Gasteiger charge is 2.60. The fourth-order valence-electron chi connectivity index (χ4n) is 1.98. The Balaban J connectivity index is 2.61. The van der Waals surface area contributed by atoms with Crippen LogP contribution in [-0.2, 0) is 9.63 Å². The molecule has 2 atom stereocenters. The predicted octanol–water partition coefficient (Wildman–Crippen LogP) is 2.31. The smallest absolute Gasteiger partial charge is 0.307 e.